The highest BCUT2D eigenvalue weighted by molar-refractivity contribution is 5.93. The number of hydrazine groups is 1. The third-order valence-electron chi connectivity index (χ3n) is 2.22. The van der Waals surface area contributed by atoms with Crippen molar-refractivity contribution in [3.63, 3.8) is 0 Å². The minimum Gasteiger partial charge on any atom is -0.488 e. The molecule has 1 aromatic rings. The number of benzene rings is 1. The zero-order chi connectivity index (χ0) is 12.1. The van der Waals surface area contributed by atoms with Crippen LogP contribution in [0.2, 0.25) is 0 Å². The molecule has 0 fully saturated rings. The van der Waals surface area contributed by atoms with Crippen LogP contribution in [0.4, 0.5) is 4.39 Å². The summed E-state index contributed by atoms with van der Waals surface area (Å²) < 4.78 is 18.1. The number of ether oxygens (including phenoxy) is 1. The fraction of sp³-hybridized carbons (Fsp3) is 0.364. The van der Waals surface area contributed by atoms with E-state index in [1.807, 2.05) is 5.43 Å². The molecule has 4 nitrogen and oxygen atoms in total. The minimum absolute atomic E-state index is 0.376. The van der Waals surface area contributed by atoms with Crippen LogP contribution in [0.3, 0.4) is 0 Å². The lowest BCUT2D eigenvalue weighted by molar-refractivity contribution is 0.0953. The van der Waals surface area contributed by atoms with Gasteiger partial charge in [-0.15, -0.1) is 0 Å². The van der Waals surface area contributed by atoms with Gasteiger partial charge in [0.2, 0.25) is 0 Å². The molecule has 2 atom stereocenters. The molecule has 0 spiro atoms. The van der Waals surface area contributed by atoms with E-state index < -0.39 is 12.3 Å². The first-order chi connectivity index (χ1) is 7.54. The van der Waals surface area contributed by atoms with E-state index in [1.165, 1.54) is 6.92 Å². The van der Waals surface area contributed by atoms with Gasteiger partial charge in [0, 0.05) is 5.56 Å². The second-order valence-corrected chi connectivity index (χ2v) is 3.50. The van der Waals surface area contributed by atoms with E-state index in [-0.39, 0.29) is 5.91 Å². The van der Waals surface area contributed by atoms with Crippen LogP contribution in [-0.2, 0) is 0 Å². The van der Waals surface area contributed by atoms with Crippen LogP contribution in [0, 0.1) is 0 Å². The van der Waals surface area contributed by atoms with Crippen LogP contribution in [0.25, 0.3) is 0 Å². The van der Waals surface area contributed by atoms with Gasteiger partial charge in [-0.2, -0.15) is 0 Å². The predicted molar refractivity (Wildman–Crippen MR) is 58.8 cm³/mol. The molecule has 0 aromatic heterocycles. The van der Waals surface area contributed by atoms with Crippen LogP contribution in [0.1, 0.15) is 24.2 Å². The fourth-order valence-corrected chi connectivity index (χ4v) is 1.08. The van der Waals surface area contributed by atoms with E-state index in [9.17, 15) is 9.18 Å². The SMILES string of the molecule is CC(F)[C@H](C)Oc1ccc(C(=O)NN)cc1. The maximum atomic E-state index is 12.8. The molecule has 0 aliphatic heterocycles. The molecule has 88 valence electrons. The summed E-state index contributed by atoms with van der Waals surface area (Å²) in [5.74, 6) is 5.12. The average Bonchev–Trinajstić information content (AvgIpc) is 2.28. The number of nitrogen functional groups attached to an aromatic ring is 1. The van der Waals surface area contributed by atoms with Gasteiger partial charge in [-0.1, -0.05) is 0 Å². The van der Waals surface area contributed by atoms with Gasteiger partial charge in [0.05, 0.1) is 0 Å². The van der Waals surface area contributed by atoms with Gasteiger partial charge in [0.25, 0.3) is 5.91 Å². The smallest absolute Gasteiger partial charge is 0.265 e. The minimum atomic E-state index is -1.05. The molecule has 1 aromatic carbocycles. The lowest BCUT2D eigenvalue weighted by Crippen LogP contribution is -2.29. The van der Waals surface area contributed by atoms with Gasteiger partial charge in [-0.25, -0.2) is 10.2 Å². The summed E-state index contributed by atoms with van der Waals surface area (Å²) in [6.45, 7) is 3.08. The van der Waals surface area contributed by atoms with Crippen LogP contribution >= 0.6 is 0 Å². The Hall–Kier alpha value is -1.62. The quantitative estimate of drug-likeness (QED) is 0.463. The molecule has 1 rings (SSSR count). The lowest BCUT2D eigenvalue weighted by atomic mass is 10.2. The van der Waals surface area contributed by atoms with Crippen molar-refractivity contribution in [1.82, 2.24) is 5.43 Å². The summed E-state index contributed by atoms with van der Waals surface area (Å²) in [6, 6.07) is 6.33. The monoisotopic (exact) mass is 226 g/mol. The molecule has 0 radical (unpaired) electrons. The molecule has 0 aliphatic rings. The number of carbonyl (C=O) groups excluding carboxylic acids is 1. The number of rotatable bonds is 4. The summed E-state index contributed by atoms with van der Waals surface area (Å²) in [5.41, 5.74) is 2.45. The topological polar surface area (TPSA) is 64.3 Å². The van der Waals surface area contributed by atoms with Gasteiger partial charge in [-0.3, -0.25) is 10.2 Å². The maximum Gasteiger partial charge on any atom is 0.265 e. The van der Waals surface area contributed by atoms with Crippen LogP contribution in [-0.4, -0.2) is 18.2 Å². The molecule has 3 N–H and O–H groups in total. The Morgan fingerprint density at radius 1 is 1.38 bits per heavy atom. The molecule has 16 heavy (non-hydrogen) atoms. The van der Waals surface area contributed by atoms with E-state index in [0.29, 0.717) is 11.3 Å². The van der Waals surface area contributed by atoms with Gasteiger partial charge in [0.15, 0.2) is 0 Å². The number of amides is 1. The van der Waals surface area contributed by atoms with E-state index in [4.69, 9.17) is 10.6 Å². The number of hydrogen-bond acceptors (Lipinski definition) is 3. The van der Waals surface area contributed by atoms with Crippen LogP contribution < -0.4 is 16.0 Å². The summed E-state index contributed by atoms with van der Waals surface area (Å²) in [4.78, 5) is 11.1. The number of hydrogen-bond donors (Lipinski definition) is 2. The van der Waals surface area contributed by atoms with Crippen LogP contribution in [0.5, 0.6) is 5.75 Å². The van der Waals surface area contributed by atoms with Crippen molar-refractivity contribution in [2.24, 2.45) is 5.84 Å². The standard InChI is InChI=1S/C11H15FN2O2/c1-7(12)8(2)16-10-5-3-9(4-6-10)11(15)14-13/h3-8H,13H2,1-2H3,(H,14,15)/t7?,8-/m0/s1. The molecule has 0 saturated carbocycles. The number of carbonyl (C=O) groups is 1. The molecular formula is C11H15FN2O2. The highest BCUT2D eigenvalue weighted by Gasteiger charge is 2.12. The molecule has 1 amide bonds. The average molecular weight is 226 g/mol. The lowest BCUT2D eigenvalue weighted by Gasteiger charge is -2.15. The normalized spacial score (nSPS) is 14.0. The summed E-state index contributed by atoms with van der Waals surface area (Å²) in [6.07, 6.45) is -1.57. The van der Waals surface area contributed by atoms with Gasteiger partial charge in [0.1, 0.15) is 18.0 Å². The van der Waals surface area contributed by atoms with Gasteiger partial charge in [-0.05, 0) is 38.1 Å². The second kappa shape index (κ2) is 5.46. The van der Waals surface area contributed by atoms with Gasteiger partial charge < -0.3 is 4.74 Å². The molecule has 0 saturated heterocycles. The summed E-state index contributed by atoms with van der Waals surface area (Å²) >= 11 is 0. The van der Waals surface area contributed by atoms with Crippen molar-refractivity contribution < 1.29 is 13.9 Å². The second-order valence-electron chi connectivity index (χ2n) is 3.50. The Morgan fingerprint density at radius 3 is 2.38 bits per heavy atom. The number of nitrogens with two attached hydrogens (primary N) is 1. The molecule has 5 heteroatoms. The fourth-order valence-electron chi connectivity index (χ4n) is 1.08. The molecule has 1 unspecified atom stereocenters. The number of halogens is 1. The Labute approximate surface area is 93.6 Å². The van der Waals surface area contributed by atoms with Crippen molar-refractivity contribution in [3.05, 3.63) is 29.8 Å². The van der Waals surface area contributed by atoms with Gasteiger partial charge >= 0.3 is 0 Å². The Kier molecular flexibility index (Phi) is 4.25. The predicted octanol–water partition coefficient (Wildman–Crippen LogP) is 1.42. The zero-order valence-electron chi connectivity index (χ0n) is 9.24. The highest BCUT2D eigenvalue weighted by Crippen LogP contribution is 2.15. The largest absolute Gasteiger partial charge is 0.488 e. The van der Waals surface area contributed by atoms with Crippen molar-refractivity contribution in [3.8, 4) is 5.75 Å². The van der Waals surface area contributed by atoms with E-state index >= 15 is 0 Å². The number of alkyl halides is 1. The molecular weight excluding hydrogens is 211 g/mol. The molecule has 0 heterocycles. The van der Waals surface area contributed by atoms with Crippen molar-refractivity contribution >= 4 is 5.91 Å². The van der Waals surface area contributed by atoms with Crippen molar-refractivity contribution in [2.75, 3.05) is 0 Å². The van der Waals surface area contributed by atoms with Crippen molar-refractivity contribution in [1.29, 1.82) is 0 Å². The summed E-state index contributed by atoms with van der Waals surface area (Å²) in [5, 5.41) is 0. The van der Waals surface area contributed by atoms with E-state index in [0.717, 1.165) is 0 Å². The van der Waals surface area contributed by atoms with Crippen molar-refractivity contribution in [2.45, 2.75) is 26.1 Å². The molecule has 0 bridgehead atoms. The first-order valence-electron chi connectivity index (χ1n) is 4.96. The highest BCUT2D eigenvalue weighted by atomic mass is 19.1. The summed E-state index contributed by atoms with van der Waals surface area (Å²) in [7, 11) is 0. The third kappa shape index (κ3) is 3.20. The maximum absolute atomic E-state index is 12.8. The Morgan fingerprint density at radius 2 is 1.94 bits per heavy atom. The van der Waals surface area contributed by atoms with Crippen LogP contribution in [0.15, 0.2) is 24.3 Å². The third-order valence-corrected chi connectivity index (χ3v) is 2.22. The Bertz CT molecular complexity index is 352. The number of nitrogens with one attached hydrogen (secondary N) is 1. The zero-order valence-corrected chi connectivity index (χ0v) is 9.24. The first kappa shape index (κ1) is 12.4. The van der Waals surface area contributed by atoms with E-state index in [2.05, 4.69) is 0 Å². The molecule has 0 aliphatic carbocycles. The first-order valence-corrected chi connectivity index (χ1v) is 4.96. The Balaban J connectivity index is 2.68. The van der Waals surface area contributed by atoms with E-state index in [1.54, 1.807) is 31.2 Å².